The monoisotopic (exact) mass is 302 g/mol. The van der Waals surface area contributed by atoms with Crippen molar-refractivity contribution in [1.82, 2.24) is 10.6 Å². The van der Waals surface area contributed by atoms with Gasteiger partial charge in [-0.3, -0.25) is 0 Å². The molecule has 0 aliphatic carbocycles. The van der Waals surface area contributed by atoms with Gasteiger partial charge in [-0.05, 0) is 18.1 Å². The van der Waals surface area contributed by atoms with Gasteiger partial charge in [0.25, 0.3) is 0 Å². The first-order chi connectivity index (χ1) is 10.7. The van der Waals surface area contributed by atoms with Gasteiger partial charge in [0.15, 0.2) is 0 Å². The number of aliphatic hydroxyl groups is 1. The molecule has 22 heavy (non-hydrogen) atoms. The normalized spacial score (nSPS) is 11.7. The molecule has 3 N–H and O–H groups in total. The molecular weight excluding hydrogens is 283 g/mol. The Hall–Kier alpha value is -2.40. The third-order valence-corrected chi connectivity index (χ3v) is 3.26. The van der Waals surface area contributed by atoms with Crippen LogP contribution in [0, 0.1) is 5.82 Å². The predicted molar refractivity (Wildman–Crippen MR) is 82.9 cm³/mol. The van der Waals surface area contributed by atoms with Crippen LogP contribution < -0.4 is 10.6 Å². The van der Waals surface area contributed by atoms with E-state index in [0.29, 0.717) is 6.54 Å². The molecule has 4 nitrogen and oxygen atoms in total. The number of aliphatic hydroxyl groups excluding tert-OH is 1. The van der Waals surface area contributed by atoms with E-state index in [1.807, 2.05) is 30.3 Å². The minimum Gasteiger partial charge on any atom is -0.386 e. The van der Waals surface area contributed by atoms with E-state index in [4.69, 9.17) is 0 Å². The summed E-state index contributed by atoms with van der Waals surface area (Å²) in [5, 5.41) is 15.1. The highest BCUT2D eigenvalue weighted by atomic mass is 19.1. The maximum atomic E-state index is 13.5. The summed E-state index contributed by atoms with van der Waals surface area (Å²) in [4.78, 5) is 11.6. The summed E-state index contributed by atoms with van der Waals surface area (Å²) in [6.45, 7) is 0.448. The second kappa shape index (κ2) is 8.14. The average molecular weight is 302 g/mol. The van der Waals surface area contributed by atoms with Crippen LogP contribution in [0.3, 0.4) is 0 Å². The molecule has 0 saturated carbocycles. The average Bonchev–Trinajstić information content (AvgIpc) is 2.54. The van der Waals surface area contributed by atoms with E-state index in [2.05, 4.69) is 10.6 Å². The van der Waals surface area contributed by atoms with Gasteiger partial charge in [-0.15, -0.1) is 0 Å². The van der Waals surface area contributed by atoms with Crippen molar-refractivity contribution >= 4 is 6.03 Å². The number of hydrogen-bond donors (Lipinski definition) is 3. The molecule has 0 unspecified atom stereocenters. The molecule has 0 spiro atoms. The molecule has 1 atom stereocenters. The van der Waals surface area contributed by atoms with Crippen LogP contribution in [0.1, 0.15) is 17.2 Å². The Labute approximate surface area is 129 Å². The van der Waals surface area contributed by atoms with Crippen LogP contribution in [0.2, 0.25) is 0 Å². The lowest BCUT2D eigenvalue weighted by Gasteiger charge is -2.13. The highest BCUT2D eigenvalue weighted by Gasteiger charge is 2.12. The molecule has 0 fully saturated rings. The largest absolute Gasteiger partial charge is 0.386 e. The van der Waals surface area contributed by atoms with E-state index in [1.54, 1.807) is 12.1 Å². The number of carbonyl (C=O) groups excluding carboxylic acids is 1. The van der Waals surface area contributed by atoms with Gasteiger partial charge in [0.1, 0.15) is 5.82 Å². The van der Waals surface area contributed by atoms with Gasteiger partial charge in [0.05, 0.1) is 6.10 Å². The SMILES string of the molecule is O=C(NCCc1ccccc1)NC[C@@H](O)c1ccccc1F. The zero-order valence-electron chi connectivity index (χ0n) is 12.1. The highest BCUT2D eigenvalue weighted by Crippen LogP contribution is 2.15. The predicted octanol–water partition coefficient (Wildman–Crippen LogP) is 2.40. The van der Waals surface area contributed by atoms with E-state index in [9.17, 15) is 14.3 Å². The first-order valence-electron chi connectivity index (χ1n) is 7.15. The third kappa shape index (κ3) is 4.86. The number of amides is 2. The van der Waals surface area contributed by atoms with Crippen molar-refractivity contribution in [2.75, 3.05) is 13.1 Å². The molecule has 0 heterocycles. The number of carbonyl (C=O) groups is 1. The van der Waals surface area contributed by atoms with E-state index in [-0.39, 0.29) is 18.1 Å². The van der Waals surface area contributed by atoms with E-state index in [0.717, 1.165) is 12.0 Å². The summed E-state index contributed by atoms with van der Waals surface area (Å²) in [5.74, 6) is -0.485. The number of hydrogen-bond acceptors (Lipinski definition) is 2. The molecule has 0 aliphatic rings. The van der Waals surface area contributed by atoms with E-state index >= 15 is 0 Å². The Bertz CT molecular complexity index is 605. The van der Waals surface area contributed by atoms with Crippen LogP contribution in [0.25, 0.3) is 0 Å². The minimum atomic E-state index is -1.07. The van der Waals surface area contributed by atoms with Gasteiger partial charge in [-0.1, -0.05) is 48.5 Å². The van der Waals surface area contributed by atoms with Crippen LogP contribution in [-0.4, -0.2) is 24.2 Å². The Morgan fingerprint density at radius 3 is 2.45 bits per heavy atom. The highest BCUT2D eigenvalue weighted by molar-refractivity contribution is 5.73. The molecular formula is C17H19FN2O2. The maximum absolute atomic E-state index is 13.5. The zero-order chi connectivity index (χ0) is 15.8. The minimum absolute atomic E-state index is 0.0435. The lowest BCUT2D eigenvalue weighted by atomic mass is 10.1. The van der Waals surface area contributed by atoms with Gasteiger partial charge in [-0.25, -0.2) is 9.18 Å². The summed E-state index contributed by atoms with van der Waals surface area (Å²) in [6, 6.07) is 15.4. The van der Waals surface area contributed by atoms with Crippen molar-refractivity contribution in [3.63, 3.8) is 0 Å². The van der Waals surface area contributed by atoms with E-state index < -0.39 is 11.9 Å². The standard InChI is InChI=1S/C17H19FN2O2/c18-15-9-5-4-8-14(15)16(21)12-20-17(22)19-11-10-13-6-2-1-3-7-13/h1-9,16,21H,10-12H2,(H2,19,20,22)/t16-/m1/s1. The summed E-state index contributed by atoms with van der Waals surface area (Å²) >= 11 is 0. The lowest BCUT2D eigenvalue weighted by Crippen LogP contribution is -2.38. The third-order valence-electron chi connectivity index (χ3n) is 3.26. The Morgan fingerprint density at radius 2 is 1.73 bits per heavy atom. The molecule has 5 heteroatoms. The molecule has 2 amide bonds. The second-order valence-electron chi connectivity index (χ2n) is 4.91. The quantitative estimate of drug-likeness (QED) is 0.767. The molecule has 2 rings (SSSR count). The van der Waals surface area contributed by atoms with Crippen LogP contribution in [0.5, 0.6) is 0 Å². The number of halogens is 1. The first kappa shape index (κ1) is 16.0. The fourth-order valence-electron chi connectivity index (χ4n) is 2.07. The molecule has 0 aliphatic heterocycles. The number of urea groups is 1. The number of rotatable bonds is 6. The van der Waals surface area contributed by atoms with Gasteiger partial charge in [0, 0.05) is 18.7 Å². The number of benzene rings is 2. The summed E-state index contributed by atoms with van der Waals surface area (Å²) in [7, 11) is 0. The molecule has 0 bridgehead atoms. The maximum Gasteiger partial charge on any atom is 0.314 e. The Balaban J connectivity index is 1.70. The fraction of sp³-hybridized carbons (Fsp3) is 0.235. The van der Waals surface area contributed by atoms with Crippen molar-refractivity contribution in [3.8, 4) is 0 Å². The molecule has 0 radical (unpaired) electrons. The second-order valence-corrected chi connectivity index (χ2v) is 4.91. The van der Waals surface area contributed by atoms with Gasteiger partial charge < -0.3 is 15.7 Å². The molecule has 116 valence electrons. The van der Waals surface area contributed by atoms with Crippen LogP contribution in [0.4, 0.5) is 9.18 Å². The topological polar surface area (TPSA) is 61.4 Å². The van der Waals surface area contributed by atoms with Crippen molar-refractivity contribution in [2.45, 2.75) is 12.5 Å². The summed E-state index contributed by atoms with van der Waals surface area (Å²) < 4.78 is 13.5. The summed E-state index contributed by atoms with van der Waals surface area (Å²) in [5.41, 5.74) is 1.31. The molecule has 0 aromatic heterocycles. The number of nitrogens with one attached hydrogen (secondary N) is 2. The molecule has 0 saturated heterocycles. The Kier molecular flexibility index (Phi) is 5.91. The fourth-order valence-corrected chi connectivity index (χ4v) is 2.07. The van der Waals surface area contributed by atoms with Crippen molar-refractivity contribution < 1.29 is 14.3 Å². The van der Waals surface area contributed by atoms with Crippen molar-refractivity contribution in [1.29, 1.82) is 0 Å². The zero-order valence-corrected chi connectivity index (χ0v) is 12.1. The van der Waals surface area contributed by atoms with Gasteiger partial charge in [-0.2, -0.15) is 0 Å². The van der Waals surface area contributed by atoms with Gasteiger partial charge >= 0.3 is 6.03 Å². The molecule has 2 aromatic carbocycles. The van der Waals surface area contributed by atoms with Crippen molar-refractivity contribution in [2.24, 2.45) is 0 Å². The van der Waals surface area contributed by atoms with Crippen molar-refractivity contribution in [3.05, 3.63) is 71.5 Å². The molecule has 2 aromatic rings. The van der Waals surface area contributed by atoms with Crippen LogP contribution in [0.15, 0.2) is 54.6 Å². The lowest BCUT2D eigenvalue weighted by molar-refractivity contribution is 0.169. The van der Waals surface area contributed by atoms with E-state index in [1.165, 1.54) is 12.1 Å². The van der Waals surface area contributed by atoms with Gasteiger partial charge in [0.2, 0.25) is 0 Å². The first-order valence-corrected chi connectivity index (χ1v) is 7.15. The van der Waals surface area contributed by atoms with Crippen LogP contribution >= 0.6 is 0 Å². The van der Waals surface area contributed by atoms with Crippen LogP contribution in [-0.2, 0) is 6.42 Å². The Morgan fingerprint density at radius 1 is 1.05 bits per heavy atom. The summed E-state index contributed by atoms with van der Waals surface area (Å²) in [6.07, 6.45) is -0.342. The smallest absolute Gasteiger partial charge is 0.314 e.